The Morgan fingerprint density at radius 2 is 2.00 bits per heavy atom. The van der Waals surface area contributed by atoms with Crippen molar-refractivity contribution in [2.45, 2.75) is 6.54 Å². The number of ether oxygens (including phenoxy) is 2. The smallest absolute Gasteiger partial charge is 0.326 e. The maximum Gasteiger partial charge on any atom is 0.326 e. The lowest BCUT2D eigenvalue weighted by Crippen LogP contribution is -2.15. The fourth-order valence-corrected chi connectivity index (χ4v) is 3.99. The van der Waals surface area contributed by atoms with Gasteiger partial charge in [0.1, 0.15) is 23.9 Å². The molecule has 150 valence electrons. The van der Waals surface area contributed by atoms with Gasteiger partial charge in [0.15, 0.2) is 17.3 Å². The van der Waals surface area contributed by atoms with Crippen molar-refractivity contribution in [1.29, 1.82) is 0 Å². The molecule has 0 fully saturated rings. The number of thiophene rings is 1. The van der Waals surface area contributed by atoms with E-state index in [4.69, 9.17) is 9.47 Å². The highest BCUT2D eigenvalue weighted by Gasteiger charge is 2.19. The monoisotopic (exact) mass is 421 g/mol. The van der Waals surface area contributed by atoms with Gasteiger partial charge in [0.25, 0.3) is 0 Å². The highest BCUT2D eigenvalue weighted by atomic mass is 32.1. The Morgan fingerprint density at radius 3 is 2.80 bits per heavy atom. The van der Waals surface area contributed by atoms with Gasteiger partial charge < -0.3 is 14.8 Å². The van der Waals surface area contributed by atoms with Crippen LogP contribution in [0.4, 0.5) is 10.8 Å². The Labute approximate surface area is 174 Å². The molecule has 4 heterocycles. The lowest BCUT2D eigenvalue weighted by Gasteiger charge is -2.19. The second-order valence-electron chi connectivity index (χ2n) is 6.53. The molecule has 10 heteroatoms. The van der Waals surface area contributed by atoms with Crippen LogP contribution >= 0.6 is 11.3 Å². The molecule has 0 unspecified atom stereocenters. The number of hydrogen-bond acceptors (Lipinski definition) is 9. The molecule has 0 aliphatic carbocycles. The number of nitrogens with zero attached hydrogens (tertiary/aromatic N) is 4. The van der Waals surface area contributed by atoms with Crippen LogP contribution in [0, 0.1) is 10.1 Å². The van der Waals surface area contributed by atoms with Gasteiger partial charge in [0, 0.05) is 30.6 Å². The van der Waals surface area contributed by atoms with Crippen LogP contribution in [0.15, 0.2) is 48.8 Å². The fourth-order valence-electron chi connectivity index (χ4n) is 3.14. The van der Waals surface area contributed by atoms with Crippen LogP contribution in [-0.2, 0) is 6.54 Å². The summed E-state index contributed by atoms with van der Waals surface area (Å²) in [6.45, 7) is 1.51. The molecule has 1 aromatic carbocycles. The second kappa shape index (κ2) is 7.56. The maximum absolute atomic E-state index is 11.3. The number of aromatic nitrogens is 3. The van der Waals surface area contributed by atoms with Crippen molar-refractivity contribution in [3.05, 3.63) is 64.5 Å². The topological polar surface area (TPSA) is 112 Å². The van der Waals surface area contributed by atoms with Gasteiger partial charge in [-0.15, -0.1) is 0 Å². The molecule has 0 saturated heterocycles. The number of rotatable bonds is 5. The Kier molecular flexibility index (Phi) is 4.60. The molecule has 1 aliphatic rings. The number of nitro groups is 1. The number of fused-ring (bicyclic) bond motifs is 2. The van der Waals surface area contributed by atoms with Crippen molar-refractivity contribution in [3.63, 3.8) is 0 Å². The molecule has 3 aromatic heterocycles. The first-order valence-electron chi connectivity index (χ1n) is 9.16. The zero-order valence-corrected chi connectivity index (χ0v) is 16.4. The number of benzene rings is 1. The lowest BCUT2D eigenvalue weighted by molar-refractivity contribution is -0.380. The Bertz CT molecular complexity index is 1240. The van der Waals surface area contributed by atoms with Crippen LogP contribution < -0.4 is 14.8 Å². The third kappa shape index (κ3) is 3.48. The van der Waals surface area contributed by atoms with E-state index in [0.29, 0.717) is 47.4 Å². The van der Waals surface area contributed by atoms with E-state index in [-0.39, 0.29) is 5.00 Å². The van der Waals surface area contributed by atoms with E-state index in [2.05, 4.69) is 20.3 Å². The molecule has 0 spiro atoms. The van der Waals surface area contributed by atoms with Crippen molar-refractivity contribution in [2.75, 3.05) is 18.5 Å². The SMILES string of the molecule is O=[N+]([O-])c1cc2c(NCc3ccc4c(c3)OCCO4)nc(-c3cccnc3)nc2s1. The molecule has 0 radical (unpaired) electrons. The normalized spacial score (nSPS) is 12.7. The Hall–Kier alpha value is -3.79. The van der Waals surface area contributed by atoms with E-state index in [1.807, 2.05) is 24.3 Å². The summed E-state index contributed by atoms with van der Waals surface area (Å²) < 4.78 is 11.2. The fraction of sp³-hybridized carbons (Fsp3) is 0.150. The van der Waals surface area contributed by atoms with Crippen LogP contribution in [0.1, 0.15) is 5.56 Å². The van der Waals surface area contributed by atoms with E-state index in [1.165, 1.54) is 6.07 Å². The largest absolute Gasteiger partial charge is 0.486 e. The molecule has 1 N–H and O–H groups in total. The summed E-state index contributed by atoms with van der Waals surface area (Å²) in [4.78, 5) is 24.6. The zero-order valence-electron chi connectivity index (χ0n) is 15.6. The molecule has 0 saturated carbocycles. The third-order valence-corrected chi connectivity index (χ3v) is 5.53. The molecule has 0 amide bonds. The van der Waals surface area contributed by atoms with Crippen molar-refractivity contribution in [2.24, 2.45) is 0 Å². The first-order chi connectivity index (χ1) is 14.7. The molecule has 0 atom stereocenters. The summed E-state index contributed by atoms with van der Waals surface area (Å²) in [5.41, 5.74) is 1.71. The molecule has 30 heavy (non-hydrogen) atoms. The molecule has 5 rings (SSSR count). The van der Waals surface area contributed by atoms with Gasteiger partial charge in [-0.2, -0.15) is 0 Å². The van der Waals surface area contributed by atoms with Crippen molar-refractivity contribution >= 4 is 32.4 Å². The van der Waals surface area contributed by atoms with Gasteiger partial charge in [-0.25, -0.2) is 9.97 Å². The number of pyridine rings is 1. The first-order valence-corrected chi connectivity index (χ1v) is 9.98. The lowest BCUT2D eigenvalue weighted by atomic mass is 10.2. The summed E-state index contributed by atoms with van der Waals surface area (Å²) in [5.74, 6) is 2.41. The van der Waals surface area contributed by atoms with Gasteiger partial charge in [0.2, 0.25) is 0 Å². The molecular weight excluding hydrogens is 406 g/mol. The third-order valence-electron chi connectivity index (χ3n) is 4.55. The molecule has 0 bridgehead atoms. The van der Waals surface area contributed by atoms with Crippen LogP contribution in [0.3, 0.4) is 0 Å². The van der Waals surface area contributed by atoms with Crippen molar-refractivity contribution in [1.82, 2.24) is 15.0 Å². The van der Waals surface area contributed by atoms with Gasteiger partial charge >= 0.3 is 5.00 Å². The van der Waals surface area contributed by atoms with Crippen LogP contribution in [-0.4, -0.2) is 33.1 Å². The van der Waals surface area contributed by atoms with Gasteiger partial charge in [0.05, 0.1) is 10.3 Å². The summed E-state index contributed by atoms with van der Waals surface area (Å²) in [5, 5.41) is 15.2. The average molecular weight is 421 g/mol. The highest BCUT2D eigenvalue weighted by Crippen LogP contribution is 2.36. The summed E-state index contributed by atoms with van der Waals surface area (Å²) in [7, 11) is 0. The molecule has 1 aliphatic heterocycles. The zero-order chi connectivity index (χ0) is 20.5. The predicted octanol–water partition coefficient (Wildman–Crippen LogP) is 4.04. The van der Waals surface area contributed by atoms with E-state index in [9.17, 15) is 10.1 Å². The predicted molar refractivity (Wildman–Crippen MR) is 112 cm³/mol. The number of nitrogens with one attached hydrogen (secondary N) is 1. The van der Waals surface area contributed by atoms with Gasteiger partial charge in [-0.1, -0.05) is 6.07 Å². The quantitative estimate of drug-likeness (QED) is 0.379. The van der Waals surface area contributed by atoms with Crippen LogP contribution in [0.5, 0.6) is 11.5 Å². The average Bonchev–Trinajstić information content (AvgIpc) is 3.23. The van der Waals surface area contributed by atoms with Crippen molar-refractivity contribution in [3.8, 4) is 22.9 Å². The maximum atomic E-state index is 11.3. The van der Waals surface area contributed by atoms with Crippen LogP contribution in [0.25, 0.3) is 21.6 Å². The highest BCUT2D eigenvalue weighted by molar-refractivity contribution is 7.21. The molecule has 4 aromatic rings. The summed E-state index contributed by atoms with van der Waals surface area (Å²) in [6.07, 6.45) is 3.33. The van der Waals surface area contributed by atoms with Crippen molar-refractivity contribution < 1.29 is 14.4 Å². The summed E-state index contributed by atoms with van der Waals surface area (Å²) in [6, 6.07) is 10.9. The molecular formula is C20H15N5O4S. The van der Waals surface area contributed by atoms with Crippen LogP contribution in [0.2, 0.25) is 0 Å². The Balaban J connectivity index is 1.51. The molecule has 9 nitrogen and oxygen atoms in total. The van der Waals surface area contributed by atoms with E-state index < -0.39 is 4.92 Å². The minimum absolute atomic E-state index is 0.0185. The second-order valence-corrected chi connectivity index (χ2v) is 7.54. The Morgan fingerprint density at radius 1 is 1.13 bits per heavy atom. The first kappa shape index (κ1) is 18.3. The minimum atomic E-state index is -0.416. The van der Waals surface area contributed by atoms with E-state index in [1.54, 1.807) is 18.5 Å². The van der Waals surface area contributed by atoms with Gasteiger partial charge in [-0.3, -0.25) is 15.1 Å². The minimum Gasteiger partial charge on any atom is -0.486 e. The van der Waals surface area contributed by atoms with Gasteiger partial charge in [-0.05, 0) is 41.2 Å². The number of hydrogen-bond donors (Lipinski definition) is 1. The number of anilines is 1. The van der Waals surface area contributed by atoms with E-state index in [0.717, 1.165) is 28.2 Å². The summed E-state index contributed by atoms with van der Waals surface area (Å²) >= 11 is 1.02. The standard InChI is InChI=1S/C20H15N5O4S/c26-25(27)17-9-14-19(22-10-12-3-4-15-16(8-12)29-7-6-28-15)23-18(24-20(14)30-17)13-2-1-5-21-11-13/h1-5,8-9,11H,6-7,10H2,(H,22,23,24). The van der Waals surface area contributed by atoms with E-state index >= 15 is 0 Å².